The average molecular weight is 259 g/mol. The molecule has 7 nitrogen and oxygen atoms in total. The molecule has 1 aromatic carbocycles. The normalized spacial score (nSPS) is 10.9. The van der Waals surface area contributed by atoms with E-state index in [0.29, 0.717) is 16.8 Å². The highest BCUT2D eigenvalue weighted by molar-refractivity contribution is 5.92. The molecule has 7 heteroatoms. The fourth-order valence-corrected chi connectivity index (χ4v) is 1.92. The Bertz CT molecular complexity index is 798. The van der Waals surface area contributed by atoms with Crippen LogP contribution in [-0.2, 0) is 6.54 Å². The maximum absolute atomic E-state index is 11.8. The molecule has 0 bridgehead atoms. The minimum absolute atomic E-state index is 0.123. The number of imidazole rings is 1. The topological polar surface area (TPSA) is 101 Å². The summed E-state index contributed by atoms with van der Waals surface area (Å²) < 4.78 is 6.35. The second-order valence-corrected chi connectivity index (χ2v) is 4.03. The Morgan fingerprint density at radius 2 is 2.26 bits per heavy atom. The molecule has 0 fully saturated rings. The third-order valence-corrected chi connectivity index (χ3v) is 2.83. The van der Waals surface area contributed by atoms with Crippen LogP contribution in [0, 0.1) is 0 Å². The molecule has 3 rings (SSSR count). The van der Waals surface area contributed by atoms with Crippen LogP contribution in [0.1, 0.15) is 16.1 Å². The number of carboxylic acids is 1. The molecular formula is C12H9N3O4. The van der Waals surface area contributed by atoms with E-state index in [4.69, 9.17) is 9.63 Å². The molecule has 2 N–H and O–H groups in total. The van der Waals surface area contributed by atoms with Gasteiger partial charge < -0.3 is 14.6 Å². The van der Waals surface area contributed by atoms with Crippen molar-refractivity contribution >= 4 is 17.0 Å². The summed E-state index contributed by atoms with van der Waals surface area (Å²) in [6, 6.07) is 6.11. The molecule has 2 heterocycles. The number of carbonyl (C=O) groups is 1. The second-order valence-electron chi connectivity index (χ2n) is 4.03. The van der Waals surface area contributed by atoms with Crippen molar-refractivity contribution in [1.29, 1.82) is 0 Å². The lowest BCUT2D eigenvalue weighted by atomic mass is 10.2. The Kier molecular flexibility index (Phi) is 2.45. The summed E-state index contributed by atoms with van der Waals surface area (Å²) in [5, 5.41) is 12.5. The molecule has 2 aromatic heterocycles. The minimum Gasteiger partial charge on any atom is -0.478 e. The van der Waals surface area contributed by atoms with Gasteiger partial charge >= 0.3 is 11.7 Å². The molecule has 0 aliphatic rings. The zero-order chi connectivity index (χ0) is 13.4. The van der Waals surface area contributed by atoms with Gasteiger partial charge in [0.2, 0.25) is 0 Å². The molecule has 0 aliphatic carbocycles. The van der Waals surface area contributed by atoms with Gasteiger partial charge in [-0.3, -0.25) is 4.57 Å². The number of fused-ring (bicyclic) bond motifs is 1. The number of carboxylic acid groups (broad SMARTS) is 1. The van der Waals surface area contributed by atoms with Gasteiger partial charge in [-0.15, -0.1) is 0 Å². The van der Waals surface area contributed by atoms with E-state index in [2.05, 4.69) is 10.1 Å². The zero-order valence-electron chi connectivity index (χ0n) is 9.66. The van der Waals surface area contributed by atoms with Gasteiger partial charge in [0.05, 0.1) is 29.3 Å². The quantitative estimate of drug-likeness (QED) is 0.732. The lowest BCUT2D eigenvalue weighted by molar-refractivity contribution is 0.0697. The smallest absolute Gasteiger partial charge is 0.335 e. The summed E-state index contributed by atoms with van der Waals surface area (Å²) in [4.78, 5) is 25.5. The summed E-state index contributed by atoms with van der Waals surface area (Å²) in [7, 11) is 0. The molecule has 96 valence electrons. The third kappa shape index (κ3) is 1.90. The number of nitrogens with one attached hydrogen (secondary N) is 1. The van der Waals surface area contributed by atoms with Crippen LogP contribution in [0.25, 0.3) is 11.0 Å². The number of H-pyrrole nitrogens is 1. The first kappa shape index (κ1) is 11.3. The van der Waals surface area contributed by atoms with E-state index < -0.39 is 5.97 Å². The molecule has 19 heavy (non-hydrogen) atoms. The highest BCUT2D eigenvalue weighted by Gasteiger charge is 2.11. The maximum atomic E-state index is 11.8. The first-order valence-electron chi connectivity index (χ1n) is 5.50. The molecule has 0 saturated carbocycles. The highest BCUT2D eigenvalue weighted by atomic mass is 16.5. The van der Waals surface area contributed by atoms with Crippen molar-refractivity contribution in [1.82, 2.24) is 14.7 Å². The van der Waals surface area contributed by atoms with Gasteiger partial charge in [-0.2, -0.15) is 0 Å². The lowest BCUT2D eigenvalue weighted by Gasteiger charge is -2.00. The molecule has 0 radical (unpaired) electrons. The van der Waals surface area contributed by atoms with E-state index in [1.165, 1.54) is 22.9 Å². The molecule has 0 unspecified atom stereocenters. The van der Waals surface area contributed by atoms with Crippen LogP contribution in [0.15, 0.2) is 39.8 Å². The number of hydrogen-bond acceptors (Lipinski definition) is 4. The first-order chi connectivity index (χ1) is 9.15. The van der Waals surface area contributed by atoms with E-state index in [1.807, 2.05) is 0 Å². The molecule has 0 atom stereocenters. The molecular weight excluding hydrogens is 250 g/mol. The predicted molar refractivity (Wildman–Crippen MR) is 65.1 cm³/mol. The van der Waals surface area contributed by atoms with Crippen LogP contribution >= 0.6 is 0 Å². The van der Waals surface area contributed by atoms with Gasteiger partial charge in [0.1, 0.15) is 0 Å². The zero-order valence-corrected chi connectivity index (χ0v) is 9.66. The van der Waals surface area contributed by atoms with E-state index in [0.717, 1.165) is 0 Å². The van der Waals surface area contributed by atoms with E-state index >= 15 is 0 Å². The van der Waals surface area contributed by atoms with Crippen molar-refractivity contribution in [3.8, 4) is 0 Å². The number of rotatable bonds is 3. The third-order valence-electron chi connectivity index (χ3n) is 2.83. The maximum Gasteiger partial charge on any atom is 0.335 e. The van der Waals surface area contributed by atoms with Crippen molar-refractivity contribution in [3.05, 3.63) is 52.3 Å². The van der Waals surface area contributed by atoms with Crippen LogP contribution in [-0.4, -0.2) is 25.8 Å². The van der Waals surface area contributed by atoms with Crippen molar-refractivity contribution in [2.24, 2.45) is 0 Å². The monoisotopic (exact) mass is 259 g/mol. The number of aromatic carboxylic acids is 1. The second kappa shape index (κ2) is 4.13. The number of nitrogens with zero attached hydrogens (tertiary/aromatic N) is 2. The molecule has 0 amide bonds. The number of benzene rings is 1. The molecule has 0 spiro atoms. The van der Waals surface area contributed by atoms with Gasteiger partial charge in [-0.05, 0) is 18.2 Å². The summed E-state index contributed by atoms with van der Waals surface area (Å²) in [5.74, 6) is -0.523. The van der Waals surface area contributed by atoms with Gasteiger partial charge in [0.15, 0.2) is 5.76 Å². The van der Waals surface area contributed by atoms with Gasteiger partial charge in [0.25, 0.3) is 0 Å². The number of aromatic nitrogens is 3. The van der Waals surface area contributed by atoms with Crippen molar-refractivity contribution in [2.45, 2.75) is 6.54 Å². The van der Waals surface area contributed by atoms with E-state index in [9.17, 15) is 9.59 Å². The van der Waals surface area contributed by atoms with E-state index in [-0.39, 0.29) is 17.8 Å². The number of hydrogen-bond donors (Lipinski definition) is 2. The molecule has 0 aliphatic heterocycles. The van der Waals surface area contributed by atoms with Crippen LogP contribution in [0.5, 0.6) is 0 Å². The van der Waals surface area contributed by atoms with Gasteiger partial charge in [-0.1, -0.05) is 5.16 Å². The van der Waals surface area contributed by atoms with Crippen LogP contribution < -0.4 is 5.69 Å². The Morgan fingerprint density at radius 3 is 2.95 bits per heavy atom. The average Bonchev–Trinajstić information content (AvgIpc) is 2.98. The SMILES string of the molecule is O=C(O)c1ccc2[nH]c(=O)n(Cc3ccno3)c2c1. The molecule has 3 aromatic rings. The summed E-state index contributed by atoms with van der Waals surface area (Å²) in [5.41, 5.74) is 0.891. The van der Waals surface area contributed by atoms with Crippen LogP contribution in [0.3, 0.4) is 0 Å². The Balaban J connectivity index is 2.16. The highest BCUT2D eigenvalue weighted by Crippen LogP contribution is 2.14. The summed E-state index contributed by atoms with van der Waals surface area (Å²) in [6.45, 7) is 0.196. The summed E-state index contributed by atoms with van der Waals surface area (Å²) in [6.07, 6.45) is 1.48. The summed E-state index contributed by atoms with van der Waals surface area (Å²) >= 11 is 0. The van der Waals surface area contributed by atoms with Crippen molar-refractivity contribution in [3.63, 3.8) is 0 Å². The Morgan fingerprint density at radius 1 is 1.42 bits per heavy atom. The number of aromatic amines is 1. The largest absolute Gasteiger partial charge is 0.478 e. The van der Waals surface area contributed by atoms with Crippen molar-refractivity contribution < 1.29 is 14.4 Å². The predicted octanol–water partition coefficient (Wildman–Crippen LogP) is 1.06. The van der Waals surface area contributed by atoms with Gasteiger partial charge in [-0.25, -0.2) is 9.59 Å². The standard InChI is InChI=1S/C12H9N3O4/c16-11(17)7-1-2-9-10(5-7)15(12(18)14-9)6-8-3-4-13-19-8/h1-5H,6H2,(H,14,18)(H,16,17). The molecule has 0 saturated heterocycles. The van der Waals surface area contributed by atoms with Crippen molar-refractivity contribution in [2.75, 3.05) is 0 Å². The Hall–Kier alpha value is -2.83. The fourth-order valence-electron chi connectivity index (χ4n) is 1.92. The Labute approximate surface area is 106 Å². The lowest BCUT2D eigenvalue weighted by Crippen LogP contribution is -2.17. The van der Waals surface area contributed by atoms with E-state index in [1.54, 1.807) is 12.1 Å². The van der Waals surface area contributed by atoms with Crippen LogP contribution in [0.2, 0.25) is 0 Å². The van der Waals surface area contributed by atoms with Crippen LogP contribution in [0.4, 0.5) is 0 Å². The minimum atomic E-state index is -1.04. The fraction of sp³-hybridized carbons (Fsp3) is 0.0833. The first-order valence-corrected chi connectivity index (χ1v) is 5.50. The van der Waals surface area contributed by atoms with Gasteiger partial charge in [0, 0.05) is 6.07 Å².